The second kappa shape index (κ2) is 7.40. The minimum atomic E-state index is -3.59. The molecule has 1 aromatic carbocycles. The number of hydrogen-bond acceptors (Lipinski definition) is 5. The van der Waals surface area contributed by atoms with Gasteiger partial charge in [-0.2, -0.15) is 14.5 Å². The summed E-state index contributed by atoms with van der Waals surface area (Å²) >= 11 is 0. The molecule has 0 aliphatic carbocycles. The van der Waals surface area contributed by atoms with Crippen LogP contribution in [0.2, 0.25) is 0 Å². The third-order valence-corrected chi connectivity index (χ3v) is 6.71. The van der Waals surface area contributed by atoms with E-state index in [-0.39, 0.29) is 11.4 Å². The highest BCUT2D eigenvalue weighted by Crippen LogP contribution is 2.27. The number of aromatic nitrogens is 4. The second-order valence-electron chi connectivity index (χ2n) is 6.70. The molecule has 1 aliphatic heterocycles. The van der Waals surface area contributed by atoms with E-state index in [0.29, 0.717) is 26.1 Å². The van der Waals surface area contributed by atoms with Crippen molar-refractivity contribution in [1.82, 2.24) is 23.9 Å². The topological polar surface area (TPSA) is 82.2 Å². The summed E-state index contributed by atoms with van der Waals surface area (Å²) in [7, 11) is -1.96. The van der Waals surface area contributed by atoms with Gasteiger partial charge >= 0.3 is 0 Å². The lowest BCUT2D eigenvalue weighted by atomic mass is 10.1. The van der Waals surface area contributed by atoms with Crippen molar-refractivity contribution in [2.24, 2.45) is 0 Å². The molecule has 9 heteroatoms. The first-order valence-corrected chi connectivity index (χ1v) is 10.7. The first-order chi connectivity index (χ1) is 13.5. The summed E-state index contributed by atoms with van der Waals surface area (Å²) < 4.78 is 36.5. The quantitative estimate of drug-likeness (QED) is 0.656. The van der Waals surface area contributed by atoms with Crippen molar-refractivity contribution in [2.75, 3.05) is 13.7 Å². The van der Waals surface area contributed by atoms with E-state index in [1.807, 2.05) is 41.9 Å². The van der Waals surface area contributed by atoms with Crippen LogP contribution in [0, 0.1) is 0 Å². The molecule has 28 heavy (non-hydrogen) atoms. The van der Waals surface area contributed by atoms with E-state index in [9.17, 15) is 8.42 Å². The van der Waals surface area contributed by atoms with E-state index in [0.717, 1.165) is 22.7 Å². The monoisotopic (exact) mass is 401 g/mol. The summed E-state index contributed by atoms with van der Waals surface area (Å²) in [5.41, 5.74) is 2.63. The molecule has 0 spiro atoms. The summed E-state index contributed by atoms with van der Waals surface area (Å²) in [4.78, 5) is 0.232. The van der Waals surface area contributed by atoms with Gasteiger partial charge in [0.25, 0.3) is 0 Å². The zero-order chi connectivity index (χ0) is 19.7. The predicted octanol–water partition coefficient (Wildman–Crippen LogP) is 2.37. The summed E-state index contributed by atoms with van der Waals surface area (Å²) in [6, 6.07) is 9.66. The van der Waals surface area contributed by atoms with Gasteiger partial charge in [-0.25, -0.2) is 8.42 Å². The molecule has 0 unspecified atom stereocenters. The maximum absolute atomic E-state index is 13.1. The Morgan fingerprint density at radius 2 is 2.07 bits per heavy atom. The third kappa shape index (κ3) is 3.43. The molecule has 4 rings (SSSR count). The van der Waals surface area contributed by atoms with Gasteiger partial charge in [-0.1, -0.05) is 12.1 Å². The van der Waals surface area contributed by atoms with E-state index in [4.69, 9.17) is 4.74 Å². The van der Waals surface area contributed by atoms with Crippen LogP contribution in [0.5, 0.6) is 5.75 Å². The normalized spacial score (nSPS) is 15.2. The number of methoxy groups -OCH3 is 1. The number of aryl methyl sites for hydroxylation is 2. The van der Waals surface area contributed by atoms with Crippen molar-refractivity contribution in [2.45, 2.75) is 37.9 Å². The Hall–Kier alpha value is -2.65. The zero-order valence-electron chi connectivity index (χ0n) is 15.9. The highest BCUT2D eigenvalue weighted by Gasteiger charge is 2.29. The Kier molecular flexibility index (Phi) is 4.94. The average Bonchev–Trinajstić information content (AvgIpc) is 3.31. The molecule has 2 aromatic heterocycles. The highest BCUT2D eigenvalue weighted by atomic mass is 32.2. The summed E-state index contributed by atoms with van der Waals surface area (Å²) in [6.07, 6.45) is 3.70. The lowest BCUT2D eigenvalue weighted by Gasteiger charge is -2.18. The molecule has 3 heterocycles. The minimum absolute atomic E-state index is 0.232. The minimum Gasteiger partial charge on any atom is -0.497 e. The molecule has 0 saturated heterocycles. The van der Waals surface area contributed by atoms with Crippen LogP contribution in [0.1, 0.15) is 19.0 Å². The summed E-state index contributed by atoms with van der Waals surface area (Å²) in [5.74, 6) is 0.762. The van der Waals surface area contributed by atoms with Crippen molar-refractivity contribution in [1.29, 1.82) is 0 Å². The smallest absolute Gasteiger partial charge is 0.246 e. The molecule has 0 bridgehead atoms. The Morgan fingerprint density at radius 1 is 1.21 bits per heavy atom. The molecule has 0 saturated carbocycles. The molecule has 0 radical (unpaired) electrons. The van der Waals surface area contributed by atoms with Crippen molar-refractivity contribution >= 4 is 10.0 Å². The van der Waals surface area contributed by atoms with Gasteiger partial charge in [0.1, 0.15) is 10.6 Å². The fourth-order valence-electron chi connectivity index (χ4n) is 3.36. The van der Waals surface area contributed by atoms with E-state index < -0.39 is 10.0 Å². The van der Waals surface area contributed by atoms with Gasteiger partial charge in [0, 0.05) is 31.4 Å². The van der Waals surface area contributed by atoms with Crippen molar-refractivity contribution in [3.63, 3.8) is 0 Å². The fourth-order valence-corrected chi connectivity index (χ4v) is 4.77. The van der Waals surface area contributed by atoms with E-state index >= 15 is 0 Å². The van der Waals surface area contributed by atoms with Crippen molar-refractivity contribution in [3.8, 4) is 17.0 Å². The van der Waals surface area contributed by atoms with Crippen LogP contribution in [0.15, 0.2) is 47.6 Å². The standard InChI is InChI=1S/C19H23N5O3S/c1-3-22-14-18(12-20-22)28(25,26)23-8-5-9-24-16(13-23)11-19(21-24)15-6-4-7-17(10-15)27-2/h4,6-7,10-12,14H,3,5,8-9,13H2,1-2H3. The molecule has 0 N–H and O–H groups in total. The van der Waals surface area contributed by atoms with Crippen LogP contribution in [0.25, 0.3) is 11.3 Å². The van der Waals surface area contributed by atoms with Gasteiger partial charge in [0.15, 0.2) is 0 Å². The zero-order valence-corrected chi connectivity index (χ0v) is 16.8. The van der Waals surface area contributed by atoms with E-state index in [2.05, 4.69) is 10.2 Å². The summed E-state index contributed by atoms with van der Waals surface area (Å²) in [5, 5.41) is 8.79. The number of rotatable bonds is 5. The number of hydrogen-bond donors (Lipinski definition) is 0. The maximum Gasteiger partial charge on any atom is 0.246 e. The Labute approximate surface area is 164 Å². The molecule has 3 aromatic rings. The first-order valence-electron chi connectivity index (χ1n) is 9.25. The average molecular weight is 401 g/mol. The van der Waals surface area contributed by atoms with Gasteiger partial charge in [-0.3, -0.25) is 9.36 Å². The Bertz CT molecular complexity index is 1090. The molecule has 0 atom stereocenters. The molecule has 148 valence electrons. The highest BCUT2D eigenvalue weighted by molar-refractivity contribution is 7.89. The van der Waals surface area contributed by atoms with Crippen LogP contribution < -0.4 is 4.74 Å². The number of ether oxygens (including phenoxy) is 1. The summed E-state index contributed by atoms with van der Waals surface area (Å²) in [6.45, 7) is 3.98. The van der Waals surface area contributed by atoms with E-state index in [1.165, 1.54) is 10.5 Å². The number of benzene rings is 1. The molecular formula is C19H23N5O3S. The molecule has 8 nitrogen and oxygen atoms in total. The fraction of sp³-hybridized carbons (Fsp3) is 0.368. The lowest BCUT2D eigenvalue weighted by Crippen LogP contribution is -2.30. The molecule has 0 fully saturated rings. The SMILES string of the molecule is CCn1cc(S(=O)(=O)N2CCCn3nc(-c4cccc(OC)c4)cc3C2)cn1. The van der Waals surface area contributed by atoms with Crippen molar-refractivity contribution < 1.29 is 13.2 Å². The van der Waals surface area contributed by atoms with Crippen molar-refractivity contribution in [3.05, 3.63) is 48.4 Å². The number of fused-ring (bicyclic) bond motifs is 1. The van der Waals surface area contributed by atoms with Gasteiger partial charge in [0.05, 0.1) is 31.2 Å². The van der Waals surface area contributed by atoms with Crippen LogP contribution in [-0.2, 0) is 29.7 Å². The second-order valence-corrected chi connectivity index (χ2v) is 8.64. The third-order valence-electron chi connectivity index (χ3n) is 4.92. The van der Waals surface area contributed by atoms with Gasteiger partial charge in [-0.15, -0.1) is 0 Å². The molecule has 0 amide bonds. The van der Waals surface area contributed by atoms with Gasteiger partial charge in [-0.05, 0) is 31.5 Å². The maximum atomic E-state index is 13.1. The number of nitrogens with zero attached hydrogens (tertiary/aromatic N) is 5. The van der Waals surface area contributed by atoms with Crippen LogP contribution >= 0.6 is 0 Å². The molecule has 1 aliphatic rings. The number of sulfonamides is 1. The predicted molar refractivity (Wildman–Crippen MR) is 104 cm³/mol. The van der Waals surface area contributed by atoms with Crippen LogP contribution in [0.3, 0.4) is 0 Å². The van der Waals surface area contributed by atoms with Gasteiger partial charge in [0.2, 0.25) is 10.0 Å². The van der Waals surface area contributed by atoms with E-state index in [1.54, 1.807) is 18.0 Å². The largest absolute Gasteiger partial charge is 0.497 e. The van der Waals surface area contributed by atoms with Crippen LogP contribution in [0.4, 0.5) is 0 Å². The van der Waals surface area contributed by atoms with Crippen LogP contribution in [-0.4, -0.2) is 45.9 Å². The first kappa shape index (κ1) is 18.7. The van der Waals surface area contributed by atoms with Gasteiger partial charge < -0.3 is 4.74 Å². The Balaban J connectivity index is 1.64. The lowest BCUT2D eigenvalue weighted by molar-refractivity contribution is 0.410. The Morgan fingerprint density at radius 3 is 2.82 bits per heavy atom. The molecular weight excluding hydrogens is 378 g/mol.